The molecule has 6 nitrogen and oxygen atoms in total. The summed E-state index contributed by atoms with van der Waals surface area (Å²) in [6.45, 7) is 0.273. The minimum atomic E-state index is -0.618. The second kappa shape index (κ2) is 6.94. The maximum atomic E-state index is 11.4. The summed E-state index contributed by atoms with van der Waals surface area (Å²) in [5, 5.41) is 0.518. The lowest BCUT2D eigenvalue weighted by molar-refractivity contribution is 0.0994. The molecule has 0 unspecified atom stereocenters. The Morgan fingerprint density at radius 2 is 2.05 bits per heavy atom. The van der Waals surface area contributed by atoms with E-state index in [1.165, 1.54) is 18.0 Å². The Labute approximate surface area is 126 Å². The van der Waals surface area contributed by atoms with Crippen LogP contribution < -0.4 is 15.2 Å². The Balaban J connectivity index is 2.15. The molecule has 0 saturated heterocycles. The molecule has 7 heteroatoms. The molecule has 2 N–H and O–H groups in total. The van der Waals surface area contributed by atoms with E-state index in [1.54, 1.807) is 7.11 Å². The standard InChI is InChI=1S/C14H15N3O3S/c1-19-10-5-3-9(4-6-10)8-20-13-11(12(15)18)7-16-14(17-13)21-2/h3-7H,8H2,1-2H3,(H2,15,18). The largest absolute Gasteiger partial charge is 0.497 e. The first kappa shape index (κ1) is 15.1. The second-order valence-corrected chi connectivity index (χ2v) is 4.85. The number of hydrogen-bond acceptors (Lipinski definition) is 6. The number of rotatable bonds is 6. The van der Waals surface area contributed by atoms with Gasteiger partial charge in [0.1, 0.15) is 17.9 Å². The molecule has 0 atom stereocenters. The number of nitrogens with zero attached hydrogens (tertiary/aromatic N) is 2. The van der Waals surface area contributed by atoms with Crippen molar-refractivity contribution in [2.45, 2.75) is 11.8 Å². The van der Waals surface area contributed by atoms with E-state index in [9.17, 15) is 4.79 Å². The fourth-order valence-corrected chi connectivity index (χ4v) is 1.93. The minimum absolute atomic E-state index is 0.168. The van der Waals surface area contributed by atoms with Gasteiger partial charge in [0.2, 0.25) is 5.88 Å². The Kier molecular flexibility index (Phi) is 4.99. The molecule has 0 fully saturated rings. The third kappa shape index (κ3) is 3.85. The van der Waals surface area contributed by atoms with Crippen LogP contribution >= 0.6 is 11.8 Å². The smallest absolute Gasteiger partial charge is 0.255 e. The van der Waals surface area contributed by atoms with Crippen LogP contribution in [0.15, 0.2) is 35.6 Å². The van der Waals surface area contributed by atoms with Crippen LogP contribution in [0.5, 0.6) is 11.6 Å². The second-order valence-electron chi connectivity index (χ2n) is 4.08. The number of thioether (sulfide) groups is 1. The van der Waals surface area contributed by atoms with Crippen molar-refractivity contribution in [1.82, 2.24) is 9.97 Å². The van der Waals surface area contributed by atoms with Crippen molar-refractivity contribution in [1.29, 1.82) is 0 Å². The van der Waals surface area contributed by atoms with E-state index in [0.717, 1.165) is 11.3 Å². The van der Waals surface area contributed by atoms with E-state index in [1.807, 2.05) is 30.5 Å². The first-order chi connectivity index (χ1) is 10.1. The van der Waals surface area contributed by atoms with Gasteiger partial charge in [0, 0.05) is 6.20 Å². The predicted octanol–water partition coefficient (Wildman–Crippen LogP) is 1.89. The van der Waals surface area contributed by atoms with Crippen LogP contribution in [0, 0.1) is 0 Å². The van der Waals surface area contributed by atoms with Crippen molar-refractivity contribution in [3.05, 3.63) is 41.6 Å². The quantitative estimate of drug-likeness (QED) is 0.647. The van der Waals surface area contributed by atoms with Crippen molar-refractivity contribution < 1.29 is 14.3 Å². The number of ether oxygens (including phenoxy) is 2. The Morgan fingerprint density at radius 3 is 2.62 bits per heavy atom. The molecule has 110 valence electrons. The lowest BCUT2D eigenvalue weighted by Gasteiger charge is -2.09. The molecule has 0 aliphatic carbocycles. The molecule has 0 aliphatic rings. The summed E-state index contributed by atoms with van der Waals surface area (Å²) in [5.41, 5.74) is 6.38. The molecule has 0 radical (unpaired) electrons. The lowest BCUT2D eigenvalue weighted by atomic mass is 10.2. The Morgan fingerprint density at radius 1 is 1.33 bits per heavy atom. The molecule has 0 spiro atoms. The lowest BCUT2D eigenvalue weighted by Crippen LogP contribution is -2.15. The van der Waals surface area contributed by atoms with Crippen LogP contribution in [0.1, 0.15) is 15.9 Å². The van der Waals surface area contributed by atoms with Gasteiger partial charge < -0.3 is 15.2 Å². The van der Waals surface area contributed by atoms with Gasteiger partial charge in [0.05, 0.1) is 7.11 Å². The minimum Gasteiger partial charge on any atom is -0.497 e. The van der Waals surface area contributed by atoms with Gasteiger partial charge in [-0.25, -0.2) is 4.98 Å². The fraction of sp³-hybridized carbons (Fsp3) is 0.214. The highest BCUT2D eigenvalue weighted by Gasteiger charge is 2.13. The summed E-state index contributed by atoms with van der Waals surface area (Å²) >= 11 is 1.36. The molecular weight excluding hydrogens is 290 g/mol. The van der Waals surface area contributed by atoms with Crippen LogP contribution in [-0.4, -0.2) is 29.2 Å². The zero-order valence-electron chi connectivity index (χ0n) is 11.7. The average Bonchev–Trinajstić information content (AvgIpc) is 2.52. The summed E-state index contributed by atoms with van der Waals surface area (Å²) < 4.78 is 10.7. The highest BCUT2D eigenvalue weighted by molar-refractivity contribution is 7.98. The van der Waals surface area contributed by atoms with Gasteiger partial charge in [-0.2, -0.15) is 4.98 Å². The molecule has 0 saturated carbocycles. The van der Waals surface area contributed by atoms with E-state index < -0.39 is 5.91 Å². The summed E-state index contributed by atoms with van der Waals surface area (Å²) in [6.07, 6.45) is 3.22. The summed E-state index contributed by atoms with van der Waals surface area (Å²) in [5.74, 6) is 0.341. The number of amides is 1. The molecule has 2 aromatic rings. The number of methoxy groups -OCH3 is 1. The van der Waals surface area contributed by atoms with Crippen molar-refractivity contribution >= 4 is 17.7 Å². The molecule has 21 heavy (non-hydrogen) atoms. The summed E-state index contributed by atoms with van der Waals surface area (Å²) in [4.78, 5) is 19.5. The number of carbonyl (C=O) groups is 1. The average molecular weight is 305 g/mol. The number of primary amides is 1. The van der Waals surface area contributed by atoms with E-state index >= 15 is 0 Å². The predicted molar refractivity (Wildman–Crippen MR) is 79.7 cm³/mol. The molecule has 0 bridgehead atoms. The zero-order valence-corrected chi connectivity index (χ0v) is 12.5. The van der Waals surface area contributed by atoms with Crippen LogP contribution in [0.2, 0.25) is 0 Å². The molecule has 2 rings (SSSR count). The maximum absolute atomic E-state index is 11.4. The van der Waals surface area contributed by atoms with Crippen molar-refractivity contribution in [3.8, 4) is 11.6 Å². The van der Waals surface area contributed by atoms with E-state index in [2.05, 4.69) is 9.97 Å². The normalized spacial score (nSPS) is 10.2. The van der Waals surface area contributed by atoms with E-state index in [4.69, 9.17) is 15.2 Å². The SMILES string of the molecule is COc1ccc(COc2nc(SC)ncc2C(N)=O)cc1. The molecule has 1 heterocycles. The molecule has 0 aliphatic heterocycles. The van der Waals surface area contributed by atoms with E-state index in [-0.39, 0.29) is 18.1 Å². The molecule has 1 amide bonds. The first-order valence-electron chi connectivity index (χ1n) is 6.10. The van der Waals surface area contributed by atoms with Gasteiger partial charge in [0.15, 0.2) is 5.16 Å². The maximum Gasteiger partial charge on any atom is 0.255 e. The monoisotopic (exact) mass is 305 g/mol. The van der Waals surface area contributed by atoms with Crippen molar-refractivity contribution in [2.24, 2.45) is 5.73 Å². The van der Waals surface area contributed by atoms with Gasteiger partial charge in [0.25, 0.3) is 5.91 Å². The van der Waals surface area contributed by atoms with Gasteiger partial charge >= 0.3 is 0 Å². The van der Waals surface area contributed by atoms with Gasteiger partial charge in [-0.05, 0) is 24.0 Å². The Bertz CT molecular complexity index is 632. The number of benzene rings is 1. The van der Waals surface area contributed by atoms with Crippen LogP contribution in [0.25, 0.3) is 0 Å². The summed E-state index contributed by atoms with van der Waals surface area (Å²) in [6, 6.07) is 7.42. The van der Waals surface area contributed by atoms with Crippen molar-refractivity contribution in [2.75, 3.05) is 13.4 Å². The molecular formula is C14H15N3O3S. The number of aromatic nitrogens is 2. The molecule has 1 aromatic heterocycles. The fourth-order valence-electron chi connectivity index (χ4n) is 1.60. The topological polar surface area (TPSA) is 87.3 Å². The first-order valence-corrected chi connectivity index (χ1v) is 7.33. The van der Waals surface area contributed by atoms with Crippen LogP contribution in [0.4, 0.5) is 0 Å². The summed E-state index contributed by atoms with van der Waals surface area (Å²) in [7, 11) is 1.61. The van der Waals surface area contributed by atoms with Gasteiger partial charge in [-0.1, -0.05) is 23.9 Å². The zero-order chi connectivity index (χ0) is 15.2. The van der Waals surface area contributed by atoms with Crippen molar-refractivity contribution in [3.63, 3.8) is 0 Å². The molecule has 1 aromatic carbocycles. The van der Waals surface area contributed by atoms with Gasteiger partial charge in [-0.15, -0.1) is 0 Å². The van der Waals surface area contributed by atoms with Crippen LogP contribution in [-0.2, 0) is 6.61 Å². The number of nitrogens with two attached hydrogens (primary N) is 1. The van der Waals surface area contributed by atoms with Crippen LogP contribution in [0.3, 0.4) is 0 Å². The Hall–Kier alpha value is -2.28. The van der Waals surface area contributed by atoms with Gasteiger partial charge in [-0.3, -0.25) is 4.79 Å². The number of carbonyl (C=O) groups excluding carboxylic acids is 1. The third-order valence-corrected chi connectivity index (χ3v) is 3.28. The number of hydrogen-bond donors (Lipinski definition) is 1. The highest BCUT2D eigenvalue weighted by atomic mass is 32.2. The van der Waals surface area contributed by atoms with E-state index in [0.29, 0.717) is 5.16 Å². The highest BCUT2D eigenvalue weighted by Crippen LogP contribution is 2.20. The third-order valence-electron chi connectivity index (χ3n) is 2.71.